The summed E-state index contributed by atoms with van der Waals surface area (Å²) in [5.41, 5.74) is 3.25. The summed E-state index contributed by atoms with van der Waals surface area (Å²) in [6.45, 7) is 4.54. The van der Waals surface area contributed by atoms with Crippen LogP contribution in [0.1, 0.15) is 12.6 Å². The van der Waals surface area contributed by atoms with Gasteiger partial charge < -0.3 is 14.6 Å². The van der Waals surface area contributed by atoms with Gasteiger partial charge in [0.25, 0.3) is 0 Å². The smallest absolute Gasteiger partial charge is 0.161 e. The second-order valence-electron chi connectivity index (χ2n) is 6.37. The molecule has 0 amide bonds. The second kappa shape index (κ2) is 7.06. The van der Waals surface area contributed by atoms with Crippen LogP contribution in [0.3, 0.4) is 0 Å². The van der Waals surface area contributed by atoms with Crippen molar-refractivity contribution in [1.82, 2.24) is 15.0 Å². The number of nitrogens with zero attached hydrogens (tertiary/aromatic N) is 3. The molecule has 1 N–H and O–H groups in total. The molecule has 0 bridgehead atoms. The number of hydrogen-bond acceptors (Lipinski definition) is 5. The van der Waals surface area contributed by atoms with Crippen LogP contribution in [0.5, 0.6) is 0 Å². The zero-order valence-electron chi connectivity index (χ0n) is 14.5. The number of aromatic amines is 1. The molecule has 3 heterocycles. The number of ether oxygens (including phenoxy) is 1. The van der Waals surface area contributed by atoms with Crippen molar-refractivity contribution in [2.24, 2.45) is 0 Å². The van der Waals surface area contributed by atoms with Crippen molar-refractivity contribution in [3.63, 3.8) is 0 Å². The van der Waals surface area contributed by atoms with Gasteiger partial charge in [-0.15, -0.1) is 0 Å². The van der Waals surface area contributed by atoms with Gasteiger partial charge >= 0.3 is 0 Å². The summed E-state index contributed by atoms with van der Waals surface area (Å²) in [5, 5.41) is 1.18. The SMILES string of the molecule is CSCc1cc(N2CCOCC2C)nc(-c2ccc3[nH]ccc3c2)n1. The largest absolute Gasteiger partial charge is 0.377 e. The number of H-pyrrole nitrogens is 1. The van der Waals surface area contributed by atoms with Crippen LogP contribution in [0.2, 0.25) is 0 Å². The number of morpholine rings is 1. The minimum Gasteiger partial charge on any atom is -0.377 e. The molecule has 25 heavy (non-hydrogen) atoms. The molecule has 3 aromatic rings. The molecule has 1 aromatic carbocycles. The first-order valence-corrected chi connectivity index (χ1v) is 9.93. The predicted molar refractivity (Wildman–Crippen MR) is 104 cm³/mol. The molecule has 1 unspecified atom stereocenters. The van der Waals surface area contributed by atoms with E-state index in [1.165, 1.54) is 5.39 Å². The number of aromatic nitrogens is 3. The van der Waals surface area contributed by atoms with Gasteiger partial charge in [-0.1, -0.05) is 0 Å². The summed E-state index contributed by atoms with van der Waals surface area (Å²) in [6.07, 6.45) is 4.06. The van der Waals surface area contributed by atoms with Crippen molar-refractivity contribution in [3.05, 3.63) is 42.2 Å². The van der Waals surface area contributed by atoms with E-state index in [0.717, 1.165) is 53.9 Å². The zero-order chi connectivity index (χ0) is 17.2. The Balaban J connectivity index is 1.77. The fourth-order valence-corrected chi connectivity index (χ4v) is 3.68. The molecule has 0 spiro atoms. The van der Waals surface area contributed by atoms with Crippen LogP contribution in [-0.4, -0.2) is 47.0 Å². The second-order valence-corrected chi connectivity index (χ2v) is 7.24. The highest BCUT2D eigenvalue weighted by atomic mass is 32.2. The first-order chi connectivity index (χ1) is 12.2. The Bertz CT molecular complexity index is 879. The highest BCUT2D eigenvalue weighted by Gasteiger charge is 2.21. The molecule has 1 saturated heterocycles. The Morgan fingerprint density at radius 2 is 2.20 bits per heavy atom. The molecule has 0 radical (unpaired) electrons. The van der Waals surface area contributed by atoms with Crippen LogP contribution in [0, 0.1) is 0 Å². The van der Waals surface area contributed by atoms with Gasteiger partial charge in [-0.3, -0.25) is 0 Å². The molecule has 1 atom stereocenters. The highest BCUT2D eigenvalue weighted by molar-refractivity contribution is 7.97. The lowest BCUT2D eigenvalue weighted by atomic mass is 10.1. The van der Waals surface area contributed by atoms with Crippen molar-refractivity contribution >= 4 is 28.5 Å². The lowest BCUT2D eigenvalue weighted by molar-refractivity contribution is 0.0985. The standard InChI is InChI=1S/C19H22N4OS/c1-13-11-24-8-7-23(13)18-10-16(12-25-2)21-19(22-18)15-3-4-17-14(9-15)5-6-20-17/h3-6,9-10,13,20H,7-8,11-12H2,1-2H3. The summed E-state index contributed by atoms with van der Waals surface area (Å²) in [5.74, 6) is 2.68. The molecule has 4 rings (SSSR count). The average Bonchev–Trinajstić information content (AvgIpc) is 3.10. The summed E-state index contributed by atoms with van der Waals surface area (Å²) in [6, 6.07) is 10.9. The molecule has 1 aliphatic rings. The van der Waals surface area contributed by atoms with Gasteiger partial charge in [0.1, 0.15) is 5.82 Å². The topological polar surface area (TPSA) is 54.0 Å². The van der Waals surface area contributed by atoms with Gasteiger partial charge in [0.2, 0.25) is 0 Å². The first kappa shape index (κ1) is 16.4. The summed E-state index contributed by atoms with van der Waals surface area (Å²) in [4.78, 5) is 15.3. The van der Waals surface area contributed by atoms with E-state index in [0.29, 0.717) is 6.04 Å². The number of nitrogens with one attached hydrogen (secondary N) is 1. The number of benzene rings is 1. The number of fused-ring (bicyclic) bond motifs is 1. The van der Waals surface area contributed by atoms with E-state index in [-0.39, 0.29) is 0 Å². The molecule has 0 aliphatic carbocycles. The van der Waals surface area contributed by atoms with Gasteiger partial charge in [-0.25, -0.2) is 9.97 Å². The molecule has 6 heteroatoms. The van der Waals surface area contributed by atoms with E-state index in [4.69, 9.17) is 14.7 Å². The Labute approximate surface area is 151 Å². The molecule has 2 aromatic heterocycles. The third kappa shape index (κ3) is 3.37. The van der Waals surface area contributed by atoms with Crippen molar-refractivity contribution < 1.29 is 4.74 Å². The van der Waals surface area contributed by atoms with Gasteiger partial charge in [-0.2, -0.15) is 11.8 Å². The molecule has 5 nitrogen and oxygen atoms in total. The maximum atomic E-state index is 5.57. The zero-order valence-corrected chi connectivity index (χ0v) is 15.3. The van der Waals surface area contributed by atoms with E-state index >= 15 is 0 Å². The highest BCUT2D eigenvalue weighted by Crippen LogP contribution is 2.26. The third-order valence-electron chi connectivity index (χ3n) is 4.53. The molecular formula is C19H22N4OS. The van der Waals surface area contributed by atoms with E-state index in [9.17, 15) is 0 Å². The van der Waals surface area contributed by atoms with E-state index < -0.39 is 0 Å². The van der Waals surface area contributed by atoms with Gasteiger partial charge in [0, 0.05) is 41.0 Å². The molecular weight excluding hydrogens is 332 g/mol. The van der Waals surface area contributed by atoms with Crippen LogP contribution < -0.4 is 4.90 Å². The number of thioether (sulfide) groups is 1. The van der Waals surface area contributed by atoms with Gasteiger partial charge in [0.15, 0.2) is 5.82 Å². The van der Waals surface area contributed by atoms with Crippen molar-refractivity contribution in [1.29, 1.82) is 0 Å². The number of rotatable bonds is 4. The lowest BCUT2D eigenvalue weighted by Gasteiger charge is -2.34. The van der Waals surface area contributed by atoms with Crippen molar-refractivity contribution in [3.8, 4) is 11.4 Å². The third-order valence-corrected chi connectivity index (χ3v) is 5.12. The minimum absolute atomic E-state index is 0.325. The Morgan fingerprint density at radius 3 is 3.04 bits per heavy atom. The maximum Gasteiger partial charge on any atom is 0.161 e. The molecule has 1 aliphatic heterocycles. The van der Waals surface area contributed by atoms with Crippen LogP contribution in [0.15, 0.2) is 36.5 Å². The monoisotopic (exact) mass is 354 g/mol. The van der Waals surface area contributed by atoms with Crippen molar-refractivity contribution in [2.45, 2.75) is 18.7 Å². The fourth-order valence-electron chi connectivity index (χ4n) is 3.24. The van der Waals surface area contributed by atoms with E-state index in [1.54, 1.807) is 11.8 Å². The van der Waals surface area contributed by atoms with Crippen LogP contribution in [0.25, 0.3) is 22.3 Å². The Hall–Kier alpha value is -2.05. The fraction of sp³-hybridized carbons (Fsp3) is 0.368. The van der Waals surface area contributed by atoms with Crippen LogP contribution >= 0.6 is 11.8 Å². The number of hydrogen-bond donors (Lipinski definition) is 1. The Morgan fingerprint density at radius 1 is 1.28 bits per heavy atom. The van der Waals surface area contributed by atoms with E-state index in [2.05, 4.69) is 53.4 Å². The average molecular weight is 354 g/mol. The van der Waals surface area contributed by atoms with E-state index in [1.807, 2.05) is 6.20 Å². The van der Waals surface area contributed by atoms with Crippen molar-refractivity contribution in [2.75, 3.05) is 30.9 Å². The maximum absolute atomic E-state index is 5.57. The quantitative estimate of drug-likeness (QED) is 0.774. The molecule has 130 valence electrons. The molecule has 1 fully saturated rings. The predicted octanol–water partition coefficient (Wildman–Crippen LogP) is 3.71. The first-order valence-electron chi connectivity index (χ1n) is 8.53. The summed E-state index contributed by atoms with van der Waals surface area (Å²) >= 11 is 1.78. The van der Waals surface area contributed by atoms with Gasteiger partial charge in [0.05, 0.1) is 24.9 Å². The Kier molecular flexibility index (Phi) is 4.63. The molecule has 0 saturated carbocycles. The normalized spacial score (nSPS) is 18.0. The van der Waals surface area contributed by atoms with Gasteiger partial charge in [-0.05, 0) is 37.4 Å². The minimum atomic E-state index is 0.325. The lowest BCUT2D eigenvalue weighted by Crippen LogP contribution is -2.44. The van der Waals surface area contributed by atoms with Crippen LogP contribution in [0.4, 0.5) is 5.82 Å². The number of anilines is 1. The summed E-state index contributed by atoms with van der Waals surface area (Å²) in [7, 11) is 0. The van der Waals surface area contributed by atoms with Crippen LogP contribution in [-0.2, 0) is 10.5 Å². The summed E-state index contributed by atoms with van der Waals surface area (Å²) < 4.78 is 5.57.